The Kier molecular flexibility index (Phi) is 4.42. The second-order valence-corrected chi connectivity index (χ2v) is 4.75. The highest BCUT2D eigenvalue weighted by Gasteiger charge is 2.28. The number of benzene rings is 1. The van der Waals surface area contributed by atoms with E-state index in [-0.39, 0.29) is 0 Å². The summed E-state index contributed by atoms with van der Waals surface area (Å²) in [4.78, 5) is 35.8. The summed E-state index contributed by atoms with van der Waals surface area (Å²) in [6, 6.07) is 5.81. The summed E-state index contributed by atoms with van der Waals surface area (Å²) in [7, 11) is 1.17. The summed E-state index contributed by atoms with van der Waals surface area (Å²) in [5, 5.41) is 11.4. The largest absolute Gasteiger partial charge is 0.480 e. The molecule has 7 heteroatoms. The van der Waals surface area contributed by atoms with E-state index in [1.54, 1.807) is 0 Å². The predicted octanol–water partition coefficient (Wildman–Crippen LogP) is 0.728. The molecule has 1 heterocycles. The van der Waals surface area contributed by atoms with Crippen LogP contribution in [0.5, 0.6) is 0 Å². The van der Waals surface area contributed by atoms with Gasteiger partial charge in [0.05, 0.1) is 13.5 Å². The van der Waals surface area contributed by atoms with Gasteiger partial charge in [-0.1, -0.05) is 24.3 Å². The Hall–Kier alpha value is -2.57. The summed E-state index contributed by atoms with van der Waals surface area (Å²) in [6.45, 7) is 0.846. The Morgan fingerprint density at radius 1 is 1.29 bits per heavy atom. The number of methoxy groups -OCH3 is 1. The smallest absolute Gasteiger partial charge is 0.326 e. The van der Waals surface area contributed by atoms with Crippen LogP contribution in [-0.4, -0.2) is 41.1 Å². The quantitative estimate of drug-likeness (QED) is 0.797. The highest BCUT2D eigenvalue weighted by Crippen LogP contribution is 2.22. The Morgan fingerprint density at radius 2 is 1.86 bits per heavy atom. The van der Waals surface area contributed by atoms with Crippen LogP contribution in [0.1, 0.15) is 17.5 Å². The fourth-order valence-corrected chi connectivity index (χ4v) is 2.17. The molecule has 2 rings (SSSR count). The lowest BCUT2D eigenvalue weighted by Gasteiger charge is -2.20. The molecule has 1 atom stereocenters. The van der Waals surface area contributed by atoms with Gasteiger partial charge in [-0.3, -0.25) is 4.79 Å². The van der Waals surface area contributed by atoms with E-state index in [1.807, 2.05) is 24.3 Å². The van der Waals surface area contributed by atoms with Gasteiger partial charge in [-0.05, 0) is 11.1 Å². The van der Waals surface area contributed by atoms with Crippen molar-refractivity contribution >= 4 is 18.0 Å². The zero-order chi connectivity index (χ0) is 15.4. The standard InChI is InChI=1S/C14H16N2O5/c1-21-12(17)6-11(13(18)19)15-14(20)16-7-9-4-2-3-5-10(9)8-16/h2-5,11H,6-8H2,1H3,(H,15,20)(H,18,19)/t11-/m0/s1. The van der Waals surface area contributed by atoms with Crippen molar-refractivity contribution in [2.75, 3.05) is 7.11 Å². The molecule has 0 saturated heterocycles. The number of hydrogen-bond donors (Lipinski definition) is 2. The maximum Gasteiger partial charge on any atom is 0.326 e. The molecule has 0 bridgehead atoms. The molecule has 2 amide bonds. The van der Waals surface area contributed by atoms with Crippen LogP contribution in [0, 0.1) is 0 Å². The predicted molar refractivity (Wildman–Crippen MR) is 72.3 cm³/mol. The number of hydrogen-bond acceptors (Lipinski definition) is 4. The van der Waals surface area contributed by atoms with Crippen molar-refractivity contribution in [3.63, 3.8) is 0 Å². The van der Waals surface area contributed by atoms with Gasteiger partial charge in [0, 0.05) is 13.1 Å². The van der Waals surface area contributed by atoms with Gasteiger partial charge in [0.25, 0.3) is 0 Å². The average molecular weight is 292 g/mol. The van der Waals surface area contributed by atoms with Crippen LogP contribution in [0.3, 0.4) is 0 Å². The molecule has 0 unspecified atom stereocenters. The van der Waals surface area contributed by atoms with Crippen molar-refractivity contribution < 1.29 is 24.2 Å². The molecule has 0 spiro atoms. The molecular weight excluding hydrogens is 276 g/mol. The van der Waals surface area contributed by atoms with Crippen LogP contribution in [0.2, 0.25) is 0 Å². The average Bonchev–Trinajstić information content (AvgIpc) is 2.90. The van der Waals surface area contributed by atoms with E-state index in [9.17, 15) is 14.4 Å². The Labute approximate surface area is 121 Å². The Morgan fingerprint density at radius 3 is 2.33 bits per heavy atom. The van der Waals surface area contributed by atoms with E-state index in [1.165, 1.54) is 12.0 Å². The van der Waals surface area contributed by atoms with Crippen molar-refractivity contribution in [1.82, 2.24) is 10.2 Å². The first-order valence-electron chi connectivity index (χ1n) is 6.43. The first-order valence-corrected chi connectivity index (χ1v) is 6.43. The SMILES string of the molecule is COC(=O)C[C@H](NC(=O)N1Cc2ccccc2C1)C(=O)O. The summed E-state index contributed by atoms with van der Waals surface area (Å²) >= 11 is 0. The molecule has 0 radical (unpaired) electrons. The van der Waals surface area contributed by atoms with E-state index in [0.29, 0.717) is 13.1 Å². The summed E-state index contributed by atoms with van der Waals surface area (Å²) in [6.07, 6.45) is -0.404. The number of aliphatic carboxylic acids is 1. The van der Waals surface area contributed by atoms with Gasteiger partial charge >= 0.3 is 18.0 Å². The number of urea groups is 1. The summed E-state index contributed by atoms with van der Waals surface area (Å²) in [5.41, 5.74) is 2.07. The van der Waals surface area contributed by atoms with Crippen LogP contribution in [0.25, 0.3) is 0 Å². The molecular formula is C14H16N2O5. The Balaban J connectivity index is 1.98. The lowest BCUT2D eigenvalue weighted by Crippen LogP contribution is -2.47. The number of nitrogens with one attached hydrogen (secondary N) is 1. The van der Waals surface area contributed by atoms with Crippen LogP contribution in [0.4, 0.5) is 4.79 Å². The highest BCUT2D eigenvalue weighted by atomic mass is 16.5. The minimum Gasteiger partial charge on any atom is -0.480 e. The molecule has 1 aliphatic rings. The fourth-order valence-electron chi connectivity index (χ4n) is 2.17. The molecule has 112 valence electrons. The lowest BCUT2D eigenvalue weighted by atomic mass is 10.1. The first-order chi connectivity index (χ1) is 10.0. The van der Waals surface area contributed by atoms with Gasteiger partial charge in [0.2, 0.25) is 0 Å². The van der Waals surface area contributed by atoms with Crippen LogP contribution in [0.15, 0.2) is 24.3 Å². The number of nitrogens with zero attached hydrogens (tertiary/aromatic N) is 1. The zero-order valence-corrected chi connectivity index (χ0v) is 11.5. The monoisotopic (exact) mass is 292 g/mol. The van der Waals surface area contributed by atoms with Crippen molar-refractivity contribution in [3.05, 3.63) is 35.4 Å². The normalized spacial score (nSPS) is 14.2. The number of rotatable bonds is 4. The van der Waals surface area contributed by atoms with E-state index in [2.05, 4.69) is 10.1 Å². The van der Waals surface area contributed by atoms with Crippen molar-refractivity contribution in [3.8, 4) is 0 Å². The maximum absolute atomic E-state index is 12.1. The first kappa shape index (κ1) is 14.8. The second kappa shape index (κ2) is 6.25. The number of fused-ring (bicyclic) bond motifs is 1. The van der Waals surface area contributed by atoms with Gasteiger partial charge in [-0.25, -0.2) is 9.59 Å². The third-order valence-electron chi connectivity index (χ3n) is 3.32. The van der Waals surface area contributed by atoms with E-state index >= 15 is 0 Å². The maximum atomic E-state index is 12.1. The molecule has 21 heavy (non-hydrogen) atoms. The van der Waals surface area contributed by atoms with Crippen LogP contribution < -0.4 is 5.32 Å². The lowest BCUT2D eigenvalue weighted by molar-refractivity contribution is -0.147. The topological polar surface area (TPSA) is 95.9 Å². The molecule has 1 aliphatic heterocycles. The molecule has 1 aromatic rings. The number of carbonyl (C=O) groups is 3. The fraction of sp³-hybridized carbons (Fsp3) is 0.357. The number of ether oxygens (including phenoxy) is 1. The van der Waals surface area contributed by atoms with Crippen molar-refractivity contribution in [1.29, 1.82) is 0 Å². The molecule has 0 saturated carbocycles. The van der Waals surface area contributed by atoms with Crippen LogP contribution in [-0.2, 0) is 27.4 Å². The number of carboxylic acids is 1. The molecule has 0 aliphatic carbocycles. The third-order valence-corrected chi connectivity index (χ3v) is 3.32. The molecule has 7 nitrogen and oxygen atoms in total. The van der Waals surface area contributed by atoms with Crippen molar-refractivity contribution in [2.24, 2.45) is 0 Å². The van der Waals surface area contributed by atoms with Gasteiger partial charge in [0.15, 0.2) is 0 Å². The summed E-state index contributed by atoms with van der Waals surface area (Å²) < 4.78 is 4.42. The van der Waals surface area contributed by atoms with Gasteiger partial charge in [-0.15, -0.1) is 0 Å². The Bertz CT molecular complexity index is 547. The third kappa shape index (κ3) is 3.50. The molecule has 1 aromatic carbocycles. The number of carboxylic acid groups (broad SMARTS) is 1. The highest BCUT2D eigenvalue weighted by molar-refractivity contribution is 5.86. The number of amides is 2. The molecule has 0 aromatic heterocycles. The second-order valence-electron chi connectivity index (χ2n) is 4.75. The van der Waals surface area contributed by atoms with E-state index in [0.717, 1.165) is 11.1 Å². The summed E-state index contributed by atoms with van der Waals surface area (Å²) in [5.74, 6) is -1.96. The van der Waals surface area contributed by atoms with E-state index in [4.69, 9.17) is 5.11 Å². The van der Waals surface area contributed by atoms with E-state index < -0.39 is 30.4 Å². The van der Waals surface area contributed by atoms with Gasteiger partial charge in [-0.2, -0.15) is 0 Å². The van der Waals surface area contributed by atoms with Crippen molar-refractivity contribution in [2.45, 2.75) is 25.6 Å². The number of esters is 1. The zero-order valence-electron chi connectivity index (χ0n) is 11.5. The van der Waals surface area contributed by atoms with Gasteiger partial charge in [0.1, 0.15) is 6.04 Å². The molecule has 0 fully saturated rings. The van der Waals surface area contributed by atoms with Crippen LogP contribution >= 0.6 is 0 Å². The van der Waals surface area contributed by atoms with Gasteiger partial charge < -0.3 is 20.1 Å². The number of carbonyl (C=O) groups excluding carboxylic acids is 2. The minimum atomic E-state index is -1.30. The molecule has 2 N–H and O–H groups in total. The minimum absolute atomic E-state index is 0.404.